The van der Waals surface area contributed by atoms with E-state index in [0.29, 0.717) is 11.8 Å². The highest BCUT2D eigenvalue weighted by Gasteiger charge is 2.42. The number of allylic oxidation sites excluding steroid dienone is 3. The highest BCUT2D eigenvalue weighted by Crippen LogP contribution is 2.56. The summed E-state index contributed by atoms with van der Waals surface area (Å²) in [5, 5.41) is 15.0. The van der Waals surface area contributed by atoms with Crippen molar-refractivity contribution in [1.82, 2.24) is 4.98 Å². The maximum atomic E-state index is 11.8. The Morgan fingerprint density at radius 3 is 2.88 bits per heavy atom. The molecule has 1 saturated carbocycles. The fraction of sp³-hybridized carbons (Fsp3) is 0.389. The second-order valence-electron chi connectivity index (χ2n) is 6.57. The van der Waals surface area contributed by atoms with Gasteiger partial charge in [-0.3, -0.25) is 4.79 Å². The number of pyridine rings is 1. The molecule has 1 heterocycles. The smallest absolute Gasteiger partial charge is 0.335 e. The summed E-state index contributed by atoms with van der Waals surface area (Å²) >= 11 is 0. The first-order chi connectivity index (χ1) is 11.7. The molecule has 6 heteroatoms. The normalized spacial score (nSPS) is 26.5. The lowest BCUT2D eigenvalue weighted by Gasteiger charge is -2.22. The molecule has 1 aromatic heterocycles. The van der Waals surface area contributed by atoms with Crippen molar-refractivity contribution in [2.75, 3.05) is 5.32 Å². The number of carbonyl (C=O) groups is 1. The van der Waals surface area contributed by atoms with Gasteiger partial charge in [-0.25, -0.2) is 4.98 Å². The van der Waals surface area contributed by atoms with Crippen molar-refractivity contribution >= 4 is 11.6 Å². The Kier molecular flexibility index (Phi) is 3.49. The van der Waals surface area contributed by atoms with Gasteiger partial charge in [-0.2, -0.15) is 5.26 Å². The van der Waals surface area contributed by atoms with Gasteiger partial charge in [0, 0.05) is 10.9 Å². The molecule has 0 radical (unpaired) electrons. The Hall–Kier alpha value is -2.81. The highest BCUT2D eigenvalue weighted by molar-refractivity contribution is 5.96. The number of fused-ring (bicyclic) bond motifs is 5. The largest absolute Gasteiger partial charge is 0.354 e. The van der Waals surface area contributed by atoms with Gasteiger partial charge in [-0.05, 0) is 60.8 Å². The van der Waals surface area contributed by atoms with Crippen LogP contribution >= 0.6 is 0 Å². The van der Waals surface area contributed by atoms with E-state index in [1.54, 1.807) is 6.20 Å². The lowest BCUT2D eigenvalue weighted by Crippen LogP contribution is -2.13. The third kappa shape index (κ3) is 2.24. The van der Waals surface area contributed by atoms with Crippen LogP contribution in [0.5, 0.6) is 0 Å². The summed E-state index contributed by atoms with van der Waals surface area (Å²) in [5.74, 6) is -0.224. The lowest BCUT2D eigenvalue weighted by molar-refractivity contribution is 0.0994. The molecule has 3 aliphatic carbocycles. The molecular weight excluding hydrogens is 304 g/mol. The van der Waals surface area contributed by atoms with Crippen LogP contribution in [-0.2, 0) is 0 Å². The second kappa shape index (κ2) is 5.68. The number of nitrogens with zero attached hydrogens (tertiary/aromatic N) is 3. The summed E-state index contributed by atoms with van der Waals surface area (Å²) in [6.45, 7) is 0. The molecule has 0 spiro atoms. The summed E-state index contributed by atoms with van der Waals surface area (Å²) in [6.07, 6.45) is 11.3. The van der Waals surface area contributed by atoms with E-state index >= 15 is 0 Å². The Balaban J connectivity index is 1.75. The molecule has 1 N–H and O–H groups in total. The topological polar surface area (TPSA) is 95.2 Å². The van der Waals surface area contributed by atoms with Gasteiger partial charge < -0.3 is 5.32 Å². The first-order valence-electron chi connectivity index (χ1n) is 8.16. The zero-order chi connectivity index (χ0) is 16.7. The van der Waals surface area contributed by atoms with E-state index in [9.17, 15) is 9.70 Å². The monoisotopic (exact) mass is 320 g/mol. The number of rotatable bonds is 3. The average Bonchev–Trinajstić information content (AvgIpc) is 3.24. The van der Waals surface area contributed by atoms with E-state index < -0.39 is 5.91 Å². The Labute approximate surface area is 139 Å². The molecule has 0 aliphatic heterocycles. The summed E-state index contributed by atoms with van der Waals surface area (Å²) in [5.41, 5.74) is 3.95. The van der Waals surface area contributed by atoms with E-state index in [1.807, 2.05) is 18.2 Å². The Morgan fingerprint density at radius 2 is 2.12 bits per heavy atom. The summed E-state index contributed by atoms with van der Waals surface area (Å²) < 4.78 is 0. The second-order valence-corrected chi connectivity index (χ2v) is 6.57. The van der Waals surface area contributed by atoms with E-state index in [4.69, 9.17) is 5.26 Å². The molecule has 3 unspecified atom stereocenters. The van der Waals surface area contributed by atoms with E-state index in [2.05, 4.69) is 21.5 Å². The first-order valence-corrected chi connectivity index (χ1v) is 8.16. The van der Waals surface area contributed by atoms with Crippen molar-refractivity contribution in [3.05, 3.63) is 51.8 Å². The molecule has 0 aromatic carbocycles. The maximum Gasteiger partial charge on any atom is 0.335 e. The van der Waals surface area contributed by atoms with E-state index in [0.717, 1.165) is 48.2 Å². The zero-order valence-electron chi connectivity index (χ0n) is 13.0. The first kappa shape index (κ1) is 14.8. The number of hydrogen-bond acceptors (Lipinski definition) is 5. The quantitative estimate of drug-likeness (QED) is 0.856. The predicted molar refractivity (Wildman–Crippen MR) is 88.3 cm³/mol. The number of aromatic nitrogens is 1. The van der Waals surface area contributed by atoms with E-state index in [1.165, 1.54) is 0 Å². The molecule has 4 rings (SSSR count). The van der Waals surface area contributed by atoms with Crippen molar-refractivity contribution in [3.63, 3.8) is 0 Å². The average molecular weight is 320 g/mol. The summed E-state index contributed by atoms with van der Waals surface area (Å²) in [7, 11) is 0. The molecule has 1 fully saturated rings. The van der Waals surface area contributed by atoms with Gasteiger partial charge >= 0.3 is 5.91 Å². The Morgan fingerprint density at radius 1 is 1.33 bits per heavy atom. The van der Waals surface area contributed by atoms with Crippen molar-refractivity contribution < 1.29 is 4.79 Å². The van der Waals surface area contributed by atoms with Gasteiger partial charge in [0.1, 0.15) is 5.69 Å². The minimum absolute atomic E-state index is 0.130. The van der Waals surface area contributed by atoms with Gasteiger partial charge in [0.2, 0.25) is 0 Å². The molecule has 3 atom stereocenters. The molecule has 1 aromatic rings. The van der Waals surface area contributed by atoms with Crippen molar-refractivity contribution in [2.45, 2.75) is 37.5 Å². The molecule has 3 aliphatic rings. The van der Waals surface area contributed by atoms with Crippen LogP contribution in [0.3, 0.4) is 0 Å². The number of nitrogens with one attached hydrogen (secondary N) is 1. The predicted octanol–water partition coefficient (Wildman–Crippen LogP) is 3.75. The van der Waals surface area contributed by atoms with Crippen LogP contribution < -0.4 is 5.32 Å². The lowest BCUT2D eigenvalue weighted by atomic mass is 9.89. The molecule has 6 nitrogen and oxygen atoms in total. The molecule has 0 saturated heterocycles. The fourth-order valence-corrected chi connectivity index (χ4v) is 4.22. The van der Waals surface area contributed by atoms with Crippen LogP contribution in [0.4, 0.5) is 5.69 Å². The minimum Gasteiger partial charge on any atom is -0.354 e. The number of hydrogen-bond donors (Lipinski definition) is 1. The zero-order valence-corrected chi connectivity index (χ0v) is 13.0. The van der Waals surface area contributed by atoms with Crippen LogP contribution in [0.25, 0.3) is 0 Å². The third-order valence-electron chi connectivity index (χ3n) is 5.21. The number of amides is 1. The Bertz CT molecular complexity index is 834. The molecule has 24 heavy (non-hydrogen) atoms. The van der Waals surface area contributed by atoms with Crippen molar-refractivity contribution in [3.8, 4) is 6.07 Å². The van der Waals surface area contributed by atoms with Gasteiger partial charge in [-0.15, -0.1) is 4.91 Å². The van der Waals surface area contributed by atoms with Gasteiger partial charge in [-0.1, -0.05) is 6.08 Å². The van der Waals surface area contributed by atoms with E-state index in [-0.39, 0.29) is 11.6 Å². The molecular formula is C18H16N4O2. The SMILES string of the molecule is N#CC1C=C(Nc2cnc(C(=O)N=O)c3c2C2CCC3C2)C=CC1. The van der Waals surface area contributed by atoms with Crippen LogP contribution in [0.15, 0.2) is 35.3 Å². The highest BCUT2D eigenvalue weighted by atomic mass is 16.3. The maximum absolute atomic E-state index is 11.8. The molecule has 2 bridgehead atoms. The summed E-state index contributed by atoms with van der Waals surface area (Å²) in [4.78, 5) is 26.7. The van der Waals surface area contributed by atoms with Gasteiger partial charge in [0.05, 0.1) is 23.9 Å². The van der Waals surface area contributed by atoms with Crippen LogP contribution in [0, 0.1) is 22.2 Å². The van der Waals surface area contributed by atoms with Crippen molar-refractivity contribution in [1.29, 1.82) is 5.26 Å². The number of nitroso groups, excluding NO2 is 1. The van der Waals surface area contributed by atoms with Gasteiger partial charge in [0.25, 0.3) is 0 Å². The summed E-state index contributed by atoms with van der Waals surface area (Å²) in [6, 6.07) is 2.26. The molecule has 1 amide bonds. The number of nitriles is 1. The standard InChI is InChI=1S/C18H16N4O2/c19-8-10-2-1-3-13(6-10)21-14-9-20-17(18(23)22-24)16-12-5-4-11(7-12)15(14)16/h1,3,6,9-12,21H,2,4-5,7H2. The number of carbonyl (C=O) groups excluding carboxylic acids is 1. The van der Waals surface area contributed by atoms with Crippen LogP contribution in [0.2, 0.25) is 0 Å². The van der Waals surface area contributed by atoms with Gasteiger partial charge in [0.15, 0.2) is 0 Å². The number of anilines is 1. The van der Waals surface area contributed by atoms with Crippen LogP contribution in [-0.4, -0.2) is 10.9 Å². The minimum atomic E-state index is -0.785. The van der Waals surface area contributed by atoms with Crippen LogP contribution in [0.1, 0.15) is 59.1 Å². The third-order valence-corrected chi connectivity index (χ3v) is 5.21. The van der Waals surface area contributed by atoms with Crippen molar-refractivity contribution in [2.24, 2.45) is 11.1 Å². The molecule has 120 valence electrons. The fourth-order valence-electron chi connectivity index (χ4n) is 4.22.